The van der Waals surface area contributed by atoms with Gasteiger partial charge < -0.3 is 15.6 Å². The van der Waals surface area contributed by atoms with Crippen LogP contribution in [0.5, 0.6) is 0 Å². The van der Waals surface area contributed by atoms with Gasteiger partial charge in [0.05, 0.1) is 5.41 Å². The third-order valence-corrected chi connectivity index (χ3v) is 4.21. The average Bonchev–Trinajstić information content (AvgIpc) is 3.07. The summed E-state index contributed by atoms with van der Waals surface area (Å²) in [4.78, 5) is 15.6. The first-order valence-corrected chi connectivity index (χ1v) is 6.83. The van der Waals surface area contributed by atoms with E-state index < -0.39 is 0 Å². The Balaban J connectivity index is 1.81. The van der Waals surface area contributed by atoms with E-state index in [2.05, 4.69) is 22.5 Å². The monoisotopic (exact) mass is 257 g/mol. The van der Waals surface area contributed by atoms with Gasteiger partial charge in [-0.25, -0.2) is 0 Å². The predicted molar refractivity (Wildman–Crippen MR) is 77.1 cm³/mol. The topological polar surface area (TPSA) is 56.9 Å². The van der Waals surface area contributed by atoms with Crippen molar-refractivity contribution in [1.82, 2.24) is 10.3 Å². The molecule has 1 aromatic carbocycles. The molecule has 2 aromatic rings. The fourth-order valence-electron chi connectivity index (χ4n) is 2.79. The molecule has 1 amide bonds. The van der Waals surface area contributed by atoms with Crippen LogP contribution in [0.1, 0.15) is 19.8 Å². The van der Waals surface area contributed by atoms with Gasteiger partial charge in [0.15, 0.2) is 0 Å². The minimum atomic E-state index is -0.243. The van der Waals surface area contributed by atoms with Gasteiger partial charge in [-0.1, -0.05) is 6.92 Å². The minimum Gasteiger partial charge on any atom is -0.361 e. The zero-order valence-corrected chi connectivity index (χ0v) is 11.1. The number of nitrogens with one attached hydrogen (secondary N) is 3. The average molecular weight is 257 g/mol. The molecule has 2 heterocycles. The van der Waals surface area contributed by atoms with Crippen LogP contribution in [-0.4, -0.2) is 24.0 Å². The Morgan fingerprint density at radius 3 is 3.05 bits per heavy atom. The van der Waals surface area contributed by atoms with Gasteiger partial charge in [-0.3, -0.25) is 4.79 Å². The van der Waals surface area contributed by atoms with E-state index in [9.17, 15) is 4.79 Å². The number of fused-ring (bicyclic) bond motifs is 1. The Morgan fingerprint density at radius 2 is 2.32 bits per heavy atom. The van der Waals surface area contributed by atoms with E-state index in [-0.39, 0.29) is 11.3 Å². The molecule has 1 unspecified atom stereocenters. The summed E-state index contributed by atoms with van der Waals surface area (Å²) in [6.07, 6.45) is 3.70. The molecule has 3 rings (SSSR count). The number of hydrogen-bond donors (Lipinski definition) is 3. The molecule has 0 bridgehead atoms. The molecule has 0 aliphatic carbocycles. The Hall–Kier alpha value is -1.81. The lowest BCUT2D eigenvalue weighted by atomic mass is 9.83. The first-order valence-electron chi connectivity index (χ1n) is 6.83. The maximum Gasteiger partial charge on any atom is 0.231 e. The number of carbonyl (C=O) groups is 1. The maximum atomic E-state index is 12.5. The van der Waals surface area contributed by atoms with E-state index in [1.165, 1.54) is 0 Å². The number of benzene rings is 1. The number of amides is 1. The van der Waals surface area contributed by atoms with Gasteiger partial charge in [-0.2, -0.15) is 0 Å². The molecule has 19 heavy (non-hydrogen) atoms. The van der Waals surface area contributed by atoms with Crippen LogP contribution in [0, 0.1) is 5.41 Å². The number of aromatic nitrogens is 1. The molecule has 1 aromatic heterocycles. The van der Waals surface area contributed by atoms with Crippen molar-refractivity contribution in [3.8, 4) is 0 Å². The van der Waals surface area contributed by atoms with Gasteiger partial charge in [0.2, 0.25) is 5.91 Å². The summed E-state index contributed by atoms with van der Waals surface area (Å²) in [5.41, 5.74) is 1.72. The molecule has 4 heteroatoms. The van der Waals surface area contributed by atoms with Crippen LogP contribution in [0.3, 0.4) is 0 Å². The van der Waals surface area contributed by atoms with Crippen molar-refractivity contribution in [2.24, 2.45) is 5.41 Å². The number of H-pyrrole nitrogens is 1. The Kier molecular flexibility index (Phi) is 3.03. The fraction of sp³-hybridized carbons (Fsp3) is 0.400. The van der Waals surface area contributed by atoms with E-state index in [4.69, 9.17) is 0 Å². The summed E-state index contributed by atoms with van der Waals surface area (Å²) in [6, 6.07) is 7.96. The molecule has 4 nitrogen and oxygen atoms in total. The first kappa shape index (κ1) is 12.2. The number of hydrogen-bond acceptors (Lipinski definition) is 2. The van der Waals surface area contributed by atoms with Crippen LogP contribution in [0.2, 0.25) is 0 Å². The quantitative estimate of drug-likeness (QED) is 0.791. The summed E-state index contributed by atoms with van der Waals surface area (Å²) in [5, 5.41) is 7.47. The number of anilines is 1. The van der Waals surface area contributed by atoms with Crippen molar-refractivity contribution in [3.63, 3.8) is 0 Å². The lowest BCUT2D eigenvalue weighted by Crippen LogP contribution is -2.37. The summed E-state index contributed by atoms with van der Waals surface area (Å²) in [5.74, 6) is 0.134. The van der Waals surface area contributed by atoms with Crippen LogP contribution >= 0.6 is 0 Å². The highest BCUT2D eigenvalue weighted by Gasteiger charge is 2.39. The van der Waals surface area contributed by atoms with E-state index in [1.54, 1.807) is 0 Å². The van der Waals surface area contributed by atoms with Gasteiger partial charge in [0, 0.05) is 29.3 Å². The van der Waals surface area contributed by atoms with Crippen molar-refractivity contribution < 1.29 is 4.79 Å². The molecule has 1 fully saturated rings. The van der Waals surface area contributed by atoms with Crippen molar-refractivity contribution in [2.45, 2.75) is 19.8 Å². The second kappa shape index (κ2) is 4.70. The zero-order chi connectivity index (χ0) is 13.3. The molecule has 1 atom stereocenters. The molecular weight excluding hydrogens is 238 g/mol. The van der Waals surface area contributed by atoms with Crippen LogP contribution in [0.4, 0.5) is 5.69 Å². The van der Waals surface area contributed by atoms with E-state index in [0.29, 0.717) is 0 Å². The van der Waals surface area contributed by atoms with Crippen molar-refractivity contribution in [3.05, 3.63) is 30.5 Å². The maximum absolute atomic E-state index is 12.5. The van der Waals surface area contributed by atoms with Crippen molar-refractivity contribution in [1.29, 1.82) is 0 Å². The van der Waals surface area contributed by atoms with Crippen LogP contribution in [-0.2, 0) is 4.79 Å². The standard InChI is InChI=1S/C15H19N3O/c1-2-15(6-8-16-10-15)14(19)18-12-3-4-13-11(9-12)5-7-17-13/h3-5,7,9,16-17H,2,6,8,10H2,1H3,(H,18,19). The summed E-state index contributed by atoms with van der Waals surface area (Å²) in [6.45, 7) is 3.79. The number of carbonyl (C=O) groups excluding carboxylic acids is 1. The molecule has 0 spiro atoms. The Morgan fingerprint density at radius 1 is 1.42 bits per heavy atom. The van der Waals surface area contributed by atoms with Gasteiger partial charge in [-0.15, -0.1) is 0 Å². The largest absolute Gasteiger partial charge is 0.361 e. The highest BCUT2D eigenvalue weighted by Crippen LogP contribution is 2.31. The molecule has 0 saturated carbocycles. The van der Waals surface area contributed by atoms with Crippen LogP contribution in [0.25, 0.3) is 10.9 Å². The SMILES string of the molecule is CCC1(C(=O)Nc2ccc3[nH]ccc3c2)CCNC1. The van der Waals surface area contributed by atoms with Gasteiger partial charge in [-0.05, 0) is 43.7 Å². The van der Waals surface area contributed by atoms with E-state index in [1.807, 2.05) is 30.5 Å². The van der Waals surface area contributed by atoms with Gasteiger partial charge >= 0.3 is 0 Å². The zero-order valence-electron chi connectivity index (χ0n) is 11.1. The lowest BCUT2D eigenvalue weighted by Gasteiger charge is -2.25. The summed E-state index contributed by atoms with van der Waals surface area (Å²) >= 11 is 0. The van der Waals surface area contributed by atoms with E-state index >= 15 is 0 Å². The van der Waals surface area contributed by atoms with Crippen molar-refractivity contribution >= 4 is 22.5 Å². The normalized spacial score (nSPS) is 22.8. The van der Waals surface area contributed by atoms with E-state index in [0.717, 1.165) is 42.5 Å². The summed E-state index contributed by atoms with van der Waals surface area (Å²) in [7, 11) is 0. The first-order chi connectivity index (χ1) is 9.23. The molecule has 1 aliphatic rings. The Bertz CT molecular complexity index is 596. The highest BCUT2D eigenvalue weighted by atomic mass is 16.2. The molecule has 3 N–H and O–H groups in total. The molecule has 0 radical (unpaired) electrons. The third-order valence-electron chi connectivity index (χ3n) is 4.21. The molecule has 1 saturated heterocycles. The molecule has 100 valence electrons. The molecule has 1 aliphatic heterocycles. The predicted octanol–water partition coefficient (Wildman–Crippen LogP) is 2.50. The second-order valence-electron chi connectivity index (χ2n) is 5.29. The summed E-state index contributed by atoms with van der Waals surface area (Å²) < 4.78 is 0. The minimum absolute atomic E-state index is 0.134. The lowest BCUT2D eigenvalue weighted by molar-refractivity contribution is -0.124. The highest BCUT2D eigenvalue weighted by molar-refractivity contribution is 5.97. The van der Waals surface area contributed by atoms with Crippen LogP contribution in [0.15, 0.2) is 30.5 Å². The Labute approximate surface area is 112 Å². The fourth-order valence-corrected chi connectivity index (χ4v) is 2.79. The number of rotatable bonds is 3. The third kappa shape index (κ3) is 2.12. The second-order valence-corrected chi connectivity index (χ2v) is 5.29. The van der Waals surface area contributed by atoms with Crippen molar-refractivity contribution in [2.75, 3.05) is 18.4 Å². The van der Waals surface area contributed by atoms with Gasteiger partial charge in [0.1, 0.15) is 0 Å². The molecular formula is C15H19N3O. The smallest absolute Gasteiger partial charge is 0.231 e. The van der Waals surface area contributed by atoms with Crippen LogP contribution < -0.4 is 10.6 Å². The van der Waals surface area contributed by atoms with Gasteiger partial charge in [0.25, 0.3) is 0 Å². The number of aromatic amines is 1.